The first-order valence-electron chi connectivity index (χ1n) is 9.30. The van der Waals surface area contributed by atoms with Crippen LogP contribution in [-0.4, -0.2) is 40.0 Å². The maximum absolute atomic E-state index is 13.8. The number of nitrogens with zero attached hydrogens (tertiary/aromatic N) is 4. The number of rotatable bonds is 3. The van der Waals surface area contributed by atoms with Gasteiger partial charge in [-0.1, -0.05) is 0 Å². The Morgan fingerprint density at radius 1 is 1.07 bits per heavy atom. The molecule has 156 valence electrons. The summed E-state index contributed by atoms with van der Waals surface area (Å²) in [6.45, 7) is 1.04. The van der Waals surface area contributed by atoms with E-state index in [4.69, 9.17) is 0 Å². The minimum Gasteiger partial charge on any atom is -0.356 e. The maximum Gasteiger partial charge on any atom is 0.417 e. The Labute approximate surface area is 169 Å². The highest BCUT2D eigenvalue weighted by Crippen LogP contribution is 2.30. The van der Waals surface area contributed by atoms with Gasteiger partial charge in [0.2, 0.25) is 0 Å². The van der Waals surface area contributed by atoms with Crippen LogP contribution in [0.5, 0.6) is 0 Å². The highest BCUT2D eigenvalue weighted by molar-refractivity contribution is 6.04. The molecule has 4 rings (SSSR count). The summed E-state index contributed by atoms with van der Waals surface area (Å²) in [5.74, 6) is -0.554. The number of carbonyl (C=O) groups excluding carboxylic acids is 1. The summed E-state index contributed by atoms with van der Waals surface area (Å²) in [5.41, 5.74) is -0.0580. The van der Waals surface area contributed by atoms with E-state index < -0.39 is 23.5 Å². The van der Waals surface area contributed by atoms with Crippen LogP contribution in [0.15, 0.2) is 42.9 Å². The van der Waals surface area contributed by atoms with Gasteiger partial charge in [0.25, 0.3) is 5.91 Å². The number of halogens is 4. The Hall–Kier alpha value is -3.30. The summed E-state index contributed by atoms with van der Waals surface area (Å²) in [7, 11) is 0. The standard InChI is InChI=1S/C20H17F4N5O/c21-13-9-15(18-16(10-13)25-5-6-26-18)19(30)28-14-3-7-29(8-4-14)17-2-1-12(11-27-17)20(22,23)24/h1-2,5-6,9-11,14H,3-4,7-8H2,(H,28,30). The Balaban J connectivity index is 1.40. The molecule has 1 fully saturated rings. The van der Waals surface area contributed by atoms with Gasteiger partial charge in [0.1, 0.15) is 17.2 Å². The average molecular weight is 419 g/mol. The van der Waals surface area contributed by atoms with Crippen molar-refractivity contribution in [2.75, 3.05) is 18.0 Å². The third-order valence-electron chi connectivity index (χ3n) is 5.01. The lowest BCUT2D eigenvalue weighted by molar-refractivity contribution is -0.137. The number of piperidine rings is 1. The van der Waals surface area contributed by atoms with Gasteiger partial charge in [-0.3, -0.25) is 14.8 Å². The highest BCUT2D eigenvalue weighted by atomic mass is 19.4. The van der Waals surface area contributed by atoms with E-state index >= 15 is 0 Å². The van der Waals surface area contributed by atoms with Crippen molar-refractivity contribution in [3.05, 3.63) is 59.8 Å². The summed E-state index contributed by atoms with van der Waals surface area (Å²) in [6.07, 6.45) is 0.412. The first-order chi connectivity index (χ1) is 14.3. The van der Waals surface area contributed by atoms with Gasteiger partial charge in [-0.25, -0.2) is 9.37 Å². The van der Waals surface area contributed by atoms with Crippen molar-refractivity contribution in [1.82, 2.24) is 20.3 Å². The zero-order valence-corrected chi connectivity index (χ0v) is 15.7. The SMILES string of the molecule is O=C(NC1CCN(c2ccc(C(F)(F)F)cn2)CC1)c1cc(F)cc2nccnc12. The Morgan fingerprint density at radius 2 is 1.80 bits per heavy atom. The van der Waals surface area contributed by atoms with Gasteiger partial charge in [-0.2, -0.15) is 13.2 Å². The normalized spacial score (nSPS) is 15.4. The number of amides is 1. The largest absolute Gasteiger partial charge is 0.417 e. The molecule has 3 heterocycles. The van der Waals surface area contributed by atoms with Gasteiger partial charge in [0, 0.05) is 43.8 Å². The molecule has 0 bridgehead atoms. The van der Waals surface area contributed by atoms with Gasteiger partial charge >= 0.3 is 6.18 Å². The number of nitrogens with one attached hydrogen (secondary N) is 1. The van der Waals surface area contributed by atoms with E-state index in [1.165, 1.54) is 24.5 Å². The number of fused-ring (bicyclic) bond motifs is 1. The predicted octanol–water partition coefficient (Wildman–Crippen LogP) is 3.58. The van der Waals surface area contributed by atoms with E-state index in [9.17, 15) is 22.4 Å². The Morgan fingerprint density at radius 3 is 2.47 bits per heavy atom. The van der Waals surface area contributed by atoms with Crippen LogP contribution in [0.2, 0.25) is 0 Å². The van der Waals surface area contributed by atoms with Crippen LogP contribution < -0.4 is 10.2 Å². The monoisotopic (exact) mass is 419 g/mol. The number of anilines is 1. The third-order valence-corrected chi connectivity index (χ3v) is 5.01. The lowest BCUT2D eigenvalue weighted by Crippen LogP contribution is -2.45. The smallest absolute Gasteiger partial charge is 0.356 e. The number of hydrogen-bond acceptors (Lipinski definition) is 5. The van der Waals surface area contributed by atoms with Gasteiger partial charge in [-0.05, 0) is 31.0 Å². The zero-order chi connectivity index (χ0) is 21.3. The second kappa shape index (κ2) is 7.85. The molecule has 0 aliphatic carbocycles. The van der Waals surface area contributed by atoms with Crippen molar-refractivity contribution in [3.63, 3.8) is 0 Å². The lowest BCUT2D eigenvalue weighted by Gasteiger charge is -2.33. The highest BCUT2D eigenvalue weighted by Gasteiger charge is 2.31. The number of benzene rings is 1. The summed E-state index contributed by atoms with van der Waals surface area (Å²) in [6, 6.07) is 4.55. The second-order valence-electron chi connectivity index (χ2n) is 7.02. The fraction of sp³-hybridized carbons (Fsp3) is 0.300. The third kappa shape index (κ3) is 4.17. The molecule has 0 unspecified atom stereocenters. The van der Waals surface area contributed by atoms with Gasteiger partial charge in [0.15, 0.2) is 0 Å². The zero-order valence-electron chi connectivity index (χ0n) is 15.7. The van der Waals surface area contributed by atoms with E-state index in [1.54, 1.807) is 0 Å². The van der Waals surface area contributed by atoms with Crippen molar-refractivity contribution in [2.45, 2.75) is 25.1 Å². The van der Waals surface area contributed by atoms with E-state index in [0.717, 1.165) is 18.3 Å². The molecular formula is C20H17F4N5O. The van der Waals surface area contributed by atoms with Crippen LogP contribution >= 0.6 is 0 Å². The molecule has 0 saturated carbocycles. The molecular weight excluding hydrogens is 402 g/mol. The van der Waals surface area contributed by atoms with Crippen molar-refractivity contribution in [1.29, 1.82) is 0 Å². The Kier molecular flexibility index (Phi) is 5.23. The fourth-order valence-corrected chi connectivity index (χ4v) is 3.47. The van der Waals surface area contributed by atoms with Crippen LogP contribution in [0.3, 0.4) is 0 Å². The van der Waals surface area contributed by atoms with Gasteiger partial charge in [-0.15, -0.1) is 0 Å². The van der Waals surface area contributed by atoms with Crippen LogP contribution in [0.25, 0.3) is 11.0 Å². The van der Waals surface area contributed by atoms with Crippen LogP contribution in [0.4, 0.5) is 23.4 Å². The van der Waals surface area contributed by atoms with Crippen molar-refractivity contribution in [2.24, 2.45) is 0 Å². The summed E-state index contributed by atoms with van der Waals surface area (Å²) in [5, 5.41) is 2.89. The molecule has 0 radical (unpaired) electrons. The number of alkyl halides is 3. The average Bonchev–Trinajstić information content (AvgIpc) is 2.73. The van der Waals surface area contributed by atoms with Gasteiger partial charge in [0.05, 0.1) is 16.6 Å². The van der Waals surface area contributed by atoms with Crippen LogP contribution in [0.1, 0.15) is 28.8 Å². The fourth-order valence-electron chi connectivity index (χ4n) is 3.47. The number of hydrogen-bond donors (Lipinski definition) is 1. The first-order valence-corrected chi connectivity index (χ1v) is 9.30. The lowest BCUT2D eigenvalue weighted by atomic mass is 10.0. The minimum atomic E-state index is -4.42. The topological polar surface area (TPSA) is 71.0 Å². The summed E-state index contributed by atoms with van der Waals surface area (Å²) < 4.78 is 51.9. The van der Waals surface area contributed by atoms with E-state index in [0.29, 0.717) is 42.8 Å². The summed E-state index contributed by atoms with van der Waals surface area (Å²) in [4.78, 5) is 26.6. The number of carbonyl (C=O) groups is 1. The van der Waals surface area contributed by atoms with Crippen molar-refractivity contribution in [3.8, 4) is 0 Å². The van der Waals surface area contributed by atoms with E-state index in [-0.39, 0.29) is 11.6 Å². The molecule has 1 aromatic carbocycles. The molecule has 0 atom stereocenters. The molecule has 1 amide bonds. The van der Waals surface area contributed by atoms with Crippen LogP contribution in [0, 0.1) is 5.82 Å². The Bertz CT molecular complexity index is 1060. The minimum absolute atomic E-state index is 0.116. The van der Waals surface area contributed by atoms with E-state index in [1.807, 2.05) is 4.90 Å². The molecule has 0 spiro atoms. The molecule has 1 aliphatic heterocycles. The quantitative estimate of drug-likeness (QED) is 0.657. The first kappa shape index (κ1) is 20.0. The van der Waals surface area contributed by atoms with Gasteiger partial charge < -0.3 is 10.2 Å². The van der Waals surface area contributed by atoms with Crippen LogP contribution in [-0.2, 0) is 6.18 Å². The molecule has 1 saturated heterocycles. The predicted molar refractivity (Wildman–Crippen MR) is 101 cm³/mol. The maximum atomic E-state index is 13.8. The van der Waals surface area contributed by atoms with Crippen molar-refractivity contribution >= 4 is 22.8 Å². The van der Waals surface area contributed by atoms with Crippen molar-refractivity contribution < 1.29 is 22.4 Å². The molecule has 3 aromatic rings. The molecule has 2 aromatic heterocycles. The summed E-state index contributed by atoms with van der Waals surface area (Å²) >= 11 is 0. The molecule has 6 nitrogen and oxygen atoms in total. The number of aromatic nitrogens is 3. The molecule has 10 heteroatoms. The second-order valence-corrected chi connectivity index (χ2v) is 7.02. The molecule has 1 N–H and O–H groups in total. The molecule has 30 heavy (non-hydrogen) atoms. The van der Waals surface area contributed by atoms with E-state index in [2.05, 4.69) is 20.3 Å². The molecule has 1 aliphatic rings. The number of pyridine rings is 1.